The predicted octanol–water partition coefficient (Wildman–Crippen LogP) is 3.05. The lowest BCUT2D eigenvalue weighted by Gasteiger charge is -2.19. The molecule has 3 heteroatoms. The van der Waals surface area contributed by atoms with Crippen molar-refractivity contribution in [2.24, 2.45) is 22.7 Å². The fourth-order valence-corrected chi connectivity index (χ4v) is 2.70. The molecular weight excluding hydrogens is 222 g/mol. The molecule has 94 valence electrons. The van der Waals surface area contributed by atoms with Gasteiger partial charge in [0.15, 0.2) is 0 Å². The van der Waals surface area contributed by atoms with Crippen molar-refractivity contribution in [3.63, 3.8) is 0 Å². The Kier molecular flexibility index (Phi) is 3.64. The van der Waals surface area contributed by atoms with Crippen LogP contribution in [0.5, 0.6) is 0 Å². The van der Waals surface area contributed by atoms with E-state index in [4.69, 9.17) is 11.6 Å². The van der Waals surface area contributed by atoms with E-state index in [-0.39, 0.29) is 28.7 Å². The molecule has 16 heavy (non-hydrogen) atoms. The summed E-state index contributed by atoms with van der Waals surface area (Å²) in [6, 6.07) is 0.150. The van der Waals surface area contributed by atoms with E-state index in [1.807, 2.05) is 6.92 Å². The Morgan fingerprint density at radius 1 is 1.25 bits per heavy atom. The molecule has 0 aliphatic heterocycles. The van der Waals surface area contributed by atoms with E-state index in [2.05, 4.69) is 39.9 Å². The van der Waals surface area contributed by atoms with E-state index < -0.39 is 0 Å². The fourth-order valence-electron chi connectivity index (χ4n) is 2.44. The second-order valence-corrected chi connectivity index (χ2v) is 6.61. The number of carbonyl (C=O) groups excluding carboxylic acids is 1. The Bertz CT molecular complexity index is 272. The number of alkyl halides is 1. The van der Waals surface area contributed by atoms with Gasteiger partial charge in [-0.1, -0.05) is 34.6 Å². The SMILES string of the molecule is CC(CCl)C(C)NC(=O)C1C(C)(C)C1(C)C. The topological polar surface area (TPSA) is 29.1 Å². The summed E-state index contributed by atoms with van der Waals surface area (Å²) in [6.45, 7) is 12.7. The van der Waals surface area contributed by atoms with Gasteiger partial charge >= 0.3 is 0 Å². The molecule has 0 aromatic carbocycles. The zero-order chi connectivity index (χ0) is 12.7. The van der Waals surface area contributed by atoms with Gasteiger partial charge in [-0.25, -0.2) is 0 Å². The highest BCUT2D eigenvalue weighted by Gasteiger charge is 2.68. The molecule has 0 heterocycles. The lowest BCUT2D eigenvalue weighted by molar-refractivity contribution is -0.124. The molecule has 1 rings (SSSR count). The van der Waals surface area contributed by atoms with Crippen LogP contribution in [0.15, 0.2) is 0 Å². The Labute approximate surface area is 104 Å². The van der Waals surface area contributed by atoms with Gasteiger partial charge in [0.2, 0.25) is 5.91 Å². The normalized spacial score (nSPS) is 25.9. The predicted molar refractivity (Wildman–Crippen MR) is 68.5 cm³/mol. The summed E-state index contributed by atoms with van der Waals surface area (Å²) in [5.41, 5.74) is 0.224. The molecule has 0 radical (unpaired) electrons. The Morgan fingerprint density at radius 3 is 2.00 bits per heavy atom. The third kappa shape index (κ3) is 2.09. The van der Waals surface area contributed by atoms with E-state index in [1.54, 1.807) is 0 Å². The van der Waals surface area contributed by atoms with Gasteiger partial charge in [-0.05, 0) is 23.7 Å². The second-order valence-electron chi connectivity index (χ2n) is 6.31. The maximum Gasteiger partial charge on any atom is 0.224 e. The third-order valence-corrected chi connectivity index (χ3v) is 5.24. The molecule has 0 spiro atoms. The Balaban J connectivity index is 2.56. The van der Waals surface area contributed by atoms with E-state index in [0.29, 0.717) is 11.8 Å². The highest BCUT2D eigenvalue weighted by molar-refractivity contribution is 6.18. The number of carbonyl (C=O) groups is 1. The summed E-state index contributed by atoms with van der Waals surface area (Å²) in [6.07, 6.45) is 0. The second kappa shape index (κ2) is 4.21. The summed E-state index contributed by atoms with van der Waals surface area (Å²) in [5, 5.41) is 3.08. The highest BCUT2D eigenvalue weighted by Crippen LogP contribution is 2.68. The van der Waals surface area contributed by atoms with Crippen LogP contribution in [0.4, 0.5) is 0 Å². The number of nitrogens with one attached hydrogen (secondary N) is 1. The van der Waals surface area contributed by atoms with Crippen molar-refractivity contribution in [3.8, 4) is 0 Å². The monoisotopic (exact) mass is 245 g/mol. The van der Waals surface area contributed by atoms with Crippen LogP contribution in [0.3, 0.4) is 0 Å². The van der Waals surface area contributed by atoms with Crippen LogP contribution in [0.25, 0.3) is 0 Å². The quantitative estimate of drug-likeness (QED) is 0.758. The molecule has 1 saturated carbocycles. The summed E-state index contributed by atoms with van der Waals surface area (Å²) in [7, 11) is 0. The first-order chi connectivity index (χ1) is 7.16. The van der Waals surface area contributed by atoms with Crippen LogP contribution in [-0.4, -0.2) is 17.8 Å². The molecule has 0 bridgehead atoms. The number of halogens is 1. The van der Waals surface area contributed by atoms with Crippen LogP contribution < -0.4 is 5.32 Å². The fraction of sp³-hybridized carbons (Fsp3) is 0.923. The Hall–Kier alpha value is -0.240. The first kappa shape index (κ1) is 13.8. The lowest BCUT2D eigenvalue weighted by atomic mass is 10.0. The van der Waals surface area contributed by atoms with Crippen molar-refractivity contribution in [3.05, 3.63) is 0 Å². The molecule has 2 unspecified atom stereocenters. The van der Waals surface area contributed by atoms with Crippen molar-refractivity contribution < 1.29 is 4.79 Å². The number of hydrogen-bond acceptors (Lipinski definition) is 1. The van der Waals surface area contributed by atoms with Gasteiger partial charge in [0.1, 0.15) is 0 Å². The lowest BCUT2D eigenvalue weighted by Crippen LogP contribution is -2.39. The highest BCUT2D eigenvalue weighted by atomic mass is 35.5. The molecule has 0 saturated heterocycles. The number of rotatable bonds is 4. The first-order valence-corrected chi connectivity index (χ1v) is 6.56. The van der Waals surface area contributed by atoms with Crippen LogP contribution in [0.2, 0.25) is 0 Å². The zero-order valence-electron chi connectivity index (χ0n) is 11.2. The average Bonchev–Trinajstić information content (AvgIpc) is 2.55. The van der Waals surface area contributed by atoms with Crippen molar-refractivity contribution in [2.75, 3.05) is 5.88 Å². The van der Waals surface area contributed by atoms with E-state index >= 15 is 0 Å². The maximum atomic E-state index is 12.1. The molecule has 1 amide bonds. The summed E-state index contributed by atoms with van der Waals surface area (Å²) < 4.78 is 0. The van der Waals surface area contributed by atoms with Gasteiger partial charge in [-0.15, -0.1) is 11.6 Å². The summed E-state index contributed by atoms with van der Waals surface area (Å²) >= 11 is 5.79. The van der Waals surface area contributed by atoms with Crippen molar-refractivity contribution >= 4 is 17.5 Å². The largest absolute Gasteiger partial charge is 0.353 e. The minimum absolute atomic E-state index is 0.112. The molecule has 1 aliphatic rings. The molecule has 0 aromatic rings. The van der Waals surface area contributed by atoms with Gasteiger partial charge in [-0.2, -0.15) is 0 Å². The maximum absolute atomic E-state index is 12.1. The Morgan fingerprint density at radius 2 is 1.69 bits per heavy atom. The zero-order valence-corrected chi connectivity index (χ0v) is 12.0. The first-order valence-electron chi connectivity index (χ1n) is 6.02. The van der Waals surface area contributed by atoms with Gasteiger partial charge < -0.3 is 5.32 Å². The van der Waals surface area contributed by atoms with Crippen molar-refractivity contribution in [1.29, 1.82) is 0 Å². The standard InChI is InChI=1S/C13H24ClNO/c1-8(7-14)9(2)15-11(16)10-12(3,4)13(10,5)6/h8-10H,7H2,1-6H3,(H,15,16). The van der Waals surface area contributed by atoms with E-state index in [1.165, 1.54) is 0 Å². The molecule has 1 fully saturated rings. The van der Waals surface area contributed by atoms with Crippen LogP contribution >= 0.6 is 11.6 Å². The molecule has 1 N–H and O–H groups in total. The van der Waals surface area contributed by atoms with Gasteiger partial charge in [0, 0.05) is 17.8 Å². The van der Waals surface area contributed by atoms with Gasteiger partial charge in [-0.3, -0.25) is 4.79 Å². The third-order valence-electron chi connectivity index (χ3n) is 4.75. The number of amides is 1. The van der Waals surface area contributed by atoms with Crippen LogP contribution in [0, 0.1) is 22.7 Å². The molecule has 1 aliphatic carbocycles. The minimum atomic E-state index is 0.112. The van der Waals surface area contributed by atoms with E-state index in [9.17, 15) is 4.79 Å². The molecule has 0 aromatic heterocycles. The van der Waals surface area contributed by atoms with Crippen molar-refractivity contribution in [1.82, 2.24) is 5.32 Å². The number of hydrogen-bond donors (Lipinski definition) is 1. The van der Waals surface area contributed by atoms with Crippen molar-refractivity contribution in [2.45, 2.75) is 47.6 Å². The summed E-state index contributed by atoms with van der Waals surface area (Å²) in [4.78, 5) is 12.1. The molecule has 2 atom stereocenters. The van der Waals surface area contributed by atoms with E-state index in [0.717, 1.165) is 0 Å². The molecule has 2 nitrogen and oxygen atoms in total. The minimum Gasteiger partial charge on any atom is -0.353 e. The van der Waals surface area contributed by atoms with Crippen LogP contribution in [0.1, 0.15) is 41.5 Å². The van der Waals surface area contributed by atoms with Gasteiger partial charge in [0.05, 0.1) is 0 Å². The van der Waals surface area contributed by atoms with Gasteiger partial charge in [0.25, 0.3) is 0 Å². The smallest absolute Gasteiger partial charge is 0.224 e. The summed E-state index contributed by atoms with van der Waals surface area (Å²) in [5.74, 6) is 1.21. The molecular formula is C13H24ClNO. The van der Waals surface area contributed by atoms with Crippen LogP contribution in [-0.2, 0) is 4.79 Å². The average molecular weight is 246 g/mol.